The Morgan fingerprint density at radius 3 is 1.62 bits per heavy atom. The van der Waals surface area contributed by atoms with Crippen molar-refractivity contribution in [3.63, 3.8) is 0 Å². The molecular formula is C19H25NaO3S. The summed E-state index contributed by atoms with van der Waals surface area (Å²) in [6.45, 7) is 12.3. The number of benzene rings is 2. The molecule has 2 aromatic rings. The molecule has 0 radical (unpaired) electrons. The van der Waals surface area contributed by atoms with Crippen LogP contribution >= 0.6 is 0 Å². The van der Waals surface area contributed by atoms with E-state index in [1.807, 2.05) is 26.0 Å². The van der Waals surface area contributed by atoms with Crippen LogP contribution in [0.4, 0.5) is 0 Å². The van der Waals surface area contributed by atoms with E-state index in [4.69, 9.17) is 0 Å². The van der Waals surface area contributed by atoms with Crippen LogP contribution in [-0.4, -0.2) is 13.0 Å². The topological polar surface area (TPSA) is 57.2 Å². The second-order valence-corrected chi connectivity index (χ2v) is 8.49. The summed E-state index contributed by atoms with van der Waals surface area (Å²) < 4.78 is 35.5. The zero-order valence-electron chi connectivity index (χ0n) is 15.7. The van der Waals surface area contributed by atoms with Gasteiger partial charge in [0.25, 0.3) is 0 Å². The second kappa shape index (κ2) is 7.88. The van der Waals surface area contributed by atoms with Gasteiger partial charge in [-0.25, -0.2) is 8.42 Å². The Morgan fingerprint density at radius 1 is 0.750 bits per heavy atom. The van der Waals surface area contributed by atoms with Crippen molar-refractivity contribution in [2.45, 2.75) is 64.2 Å². The van der Waals surface area contributed by atoms with Gasteiger partial charge in [-0.15, -0.1) is 0 Å². The molecule has 0 amide bonds. The molecule has 2 rings (SSSR count). The van der Waals surface area contributed by atoms with E-state index in [0.717, 1.165) is 22.1 Å². The monoisotopic (exact) mass is 356 g/mol. The molecule has 3 nitrogen and oxygen atoms in total. The van der Waals surface area contributed by atoms with Crippen molar-refractivity contribution >= 4 is 20.9 Å². The Labute approximate surface area is 167 Å². The van der Waals surface area contributed by atoms with Crippen LogP contribution in [0.15, 0.2) is 29.2 Å². The van der Waals surface area contributed by atoms with Crippen LogP contribution in [0.2, 0.25) is 0 Å². The van der Waals surface area contributed by atoms with Crippen LogP contribution in [-0.2, 0) is 10.1 Å². The van der Waals surface area contributed by atoms with Crippen molar-refractivity contribution in [2.75, 3.05) is 0 Å². The van der Waals surface area contributed by atoms with E-state index in [0.29, 0.717) is 5.39 Å². The fourth-order valence-corrected chi connectivity index (χ4v) is 3.57. The standard InChI is InChI=1S/C19H26O3S.Na/c1-11(2)14-7-16(13(5)6)17-8-15(12(3)4)10-19(18(17)9-14)23(20,21)22;/h7-13H,1-6H3,(H,20,21,22);/q;+1/p-1. The van der Waals surface area contributed by atoms with Gasteiger partial charge in [-0.1, -0.05) is 53.7 Å². The summed E-state index contributed by atoms with van der Waals surface area (Å²) in [7, 11) is -4.52. The SMILES string of the molecule is CC(C)c1cc(S(=O)(=O)[O-])c2cc(C(C)C)cc(C(C)C)c2c1.[Na+]. The minimum absolute atomic E-state index is 0. The third-order valence-electron chi connectivity index (χ3n) is 4.33. The summed E-state index contributed by atoms with van der Waals surface area (Å²) in [5, 5.41) is 1.43. The number of hydrogen-bond acceptors (Lipinski definition) is 3. The van der Waals surface area contributed by atoms with Crippen molar-refractivity contribution in [2.24, 2.45) is 0 Å². The predicted molar refractivity (Wildman–Crippen MR) is 94.2 cm³/mol. The summed E-state index contributed by atoms with van der Waals surface area (Å²) in [6.07, 6.45) is 0. The average Bonchev–Trinajstić information content (AvgIpc) is 2.43. The summed E-state index contributed by atoms with van der Waals surface area (Å²) in [5.41, 5.74) is 3.04. The van der Waals surface area contributed by atoms with Gasteiger partial charge in [-0.05, 0) is 57.3 Å². The van der Waals surface area contributed by atoms with Gasteiger partial charge in [0.1, 0.15) is 10.1 Å². The van der Waals surface area contributed by atoms with Crippen LogP contribution in [0.3, 0.4) is 0 Å². The molecular weight excluding hydrogens is 331 g/mol. The van der Waals surface area contributed by atoms with Gasteiger partial charge in [0.15, 0.2) is 0 Å². The molecule has 0 N–H and O–H groups in total. The predicted octanol–water partition coefficient (Wildman–Crippen LogP) is 2.12. The van der Waals surface area contributed by atoms with Crippen LogP contribution in [0, 0.1) is 0 Å². The van der Waals surface area contributed by atoms with Gasteiger partial charge < -0.3 is 4.55 Å². The van der Waals surface area contributed by atoms with Gasteiger partial charge in [0.05, 0.1) is 4.90 Å². The van der Waals surface area contributed by atoms with Crippen LogP contribution in [0.5, 0.6) is 0 Å². The summed E-state index contributed by atoms with van der Waals surface area (Å²) in [4.78, 5) is -0.0944. The molecule has 0 atom stereocenters. The van der Waals surface area contributed by atoms with Crippen molar-refractivity contribution in [1.29, 1.82) is 0 Å². The van der Waals surface area contributed by atoms with Crippen molar-refractivity contribution in [1.82, 2.24) is 0 Å². The maximum atomic E-state index is 11.8. The Hall–Kier alpha value is -0.390. The minimum atomic E-state index is -4.52. The molecule has 24 heavy (non-hydrogen) atoms. The quantitative estimate of drug-likeness (QED) is 0.623. The Bertz CT molecular complexity index is 837. The molecule has 0 spiro atoms. The van der Waals surface area contributed by atoms with Gasteiger partial charge in [0, 0.05) is 0 Å². The molecule has 0 heterocycles. The largest absolute Gasteiger partial charge is 1.00 e. The molecule has 0 aliphatic rings. The third-order valence-corrected chi connectivity index (χ3v) is 5.21. The van der Waals surface area contributed by atoms with Gasteiger partial charge >= 0.3 is 29.6 Å². The molecule has 0 aliphatic heterocycles. The molecule has 0 unspecified atom stereocenters. The molecule has 0 fully saturated rings. The number of hydrogen-bond donors (Lipinski definition) is 0. The normalized spacial score (nSPS) is 12.2. The third kappa shape index (κ3) is 4.41. The first kappa shape index (κ1) is 21.7. The average molecular weight is 356 g/mol. The van der Waals surface area contributed by atoms with E-state index in [1.54, 1.807) is 6.07 Å². The van der Waals surface area contributed by atoms with Crippen LogP contribution < -0.4 is 29.6 Å². The Morgan fingerprint density at radius 2 is 1.21 bits per heavy atom. The van der Waals surface area contributed by atoms with E-state index in [1.165, 1.54) is 0 Å². The summed E-state index contributed by atoms with van der Waals surface area (Å²) >= 11 is 0. The fraction of sp³-hybridized carbons (Fsp3) is 0.474. The number of rotatable bonds is 4. The van der Waals surface area contributed by atoms with Gasteiger partial charge in [0.2, 0.25) is 0 Å². The van der Waals surface area contributed by atoms with Crippen molar-refractivity contribution in [3.05, 3.63) is 41.0 Å². The first-order chi connectivity index (χ1) is 10.5. The maximum absolute atomic E-state index is 11.8. The molecule has 0 bridgehead atoms. The van der Waals surface area contributed by atoms with E-state index in [-0.39, 0.29) is 52.2 Å². The molecule has 5 heteroatoms. The second-order valence-electron chi connectivity index (χ2n) is 7.14. The zero-order chi connectivity index (χ0) is 17.5. The van der Waals surface area contributed by atoms with E-state index >= 15 is 0 Å². The van der Waals surface area contributed by atoms with Crippen molar-refractivity contribution in [3.8, 4) is 0 Å². The van der Waals surface area contributed by atoms with Crippen LogP contribution in [0.25, 0.3) is 10.8 Å². The smallest absolute Gasteiger partial charge is 0.744 e. The van der Waals surface area contributed by atoms with E-state index in [9.17, 15) is 13.0 Å². The summed E-state index contributed by atoms with van der Waals surface area (Å²) in [6, 6.07) is 7.58. The molecule has 2 aromatic carbocycles. The maximum Gasteiger partial charge on any atom is 1.00 e. The summed E-state index contributed by atoms with van der Waals surface area (Å²) in [5.74, 6) is 0.675. The minimum Gasteiger partial charge on any atom is -0.744 e. The zero-order valence-corrected chi connectivity index (χ0v) is 18.5. The Kier molecular flexibility index (Phi) is 7.11. The van der Waals surface area contributed by atoms with E-state index in [2.05, 4.69) is 33.8 Å². The molecule has 0 saturated heterocycles. The van der Waals surface area contributed by atoms with Crippen molar-refractivity contribution < 1.29 is 42.5 Å². The first-order valence-electron chi connectivity index (χ1n) is 8.09. The molecule has 0 aliphatic carbocycles. The Balaban J connectivity index is 0.00000288. The van der Waals surface area contributed by atoms with E-state index < -0.39 is 10.1 Å². The van der Waals surface area contributed by atoms with Crippen LogP contribution in [0.1, 0.15) is 76.0 Å². The molecule has 0 saturated carbocycles. The number of fused-ring (bicyclic) bond motifs is 1. The molecule has 126 valence electrons. The fourth-order valence-electron chi connectivity index (χ4n) is 2.85. The van der Waals surface area contributed by atoms with Gasteiger partial charge in [-0.3, -0.25) is 0 Å². The first-order valence-corrected chi connectivity index (χ1v) is 9.50. The molecule has 0 aromatic heterocycles. The van der Waals surface area contributed by atoms with Gasteiger partial charge in [-0.2, -0.15) is 0 Å².